The number of nitrogens with zero attached hydrogens (tertiary/aromatic N) is 2. The molecule has 1 atom stereocenters. The molecule has 0 aromatic carbocycles. The third kappa shape index (κ3) is 5.61. The molecule has 8 nitrogen and oxygen atoms in total. The van der Waals surface area contributed by atoms with Crippen LogP contribution in [0.15, 0.2) is 18.5 Å². The Morgan fingerprint density at radius 3 is 2.81 bits per heavy atom. The number of nitrogens with two attached hydrogens (primary N) is 1. The molecule has 2 heterocycles. The van der Waals surface area contributed by atoms with Crippen LogP contribution in [0.3, 0.4) is 0 Å². The van der Waals surface area contributed by atoms with Crippen LogP contribution in [-0.4, -0.2) is 53.4 Å². The van der Waals surface area contributed by atoms with Crippen molar-refractivity contribution in [2.75, 3.05) is 25.6 Å². The first kappa shape index (κ1) is 20.6. The van der Waals surface area contributed by atoms with E-state index < -0.39 is 18.9 Å². The lowest BCUT2D eigenvalue weighted by Crippen LogP contribution is -2.33. The highest BCUT2D eigenvalue weighted by Crippen LogP contribution is 2.25. The number of aromatic nitrogens is 2. The zero-order chi connectivity index (χ0) is 20.0. The number of nitrogens with one attached hydrogen (secondary N) is 3. The van der Waals surface area contributed by atoms with Crippen LogP contribution in [0.4, 0.5) is 14.5 Å². The molecule has 0 fully saturated rings. The van der Waals surface area contributed by atoms with E-state index in [-0.39, 0.29) is 17.4 Å². The van der Waals surface area contributed by atoms with Crippen LogP contribution in [0.5, 0.6) is 0 Å². The van der Waals surface area contributed by atoms with Gasteiger partial charge in [0.2, 0.25) is 5.91 Å². The first-order valence-electron chi connectivity index (χ1n) is 8.59. The number of anilines is 1. The van der Waals surface area contributed by atoms with Crippen molar-refractivity contribution in [3.8, 4) is 0 Å². The van der Waals surface area contributed by atoms with Gasteiger partial charge in [-0.3, -0.25) is 9.59 Å². The average Bonchev–Trinajstić information content (AvgIpc) is 3.08. The van der Waals surface area contributed by atoms with Crippen LogP contribution < -0.4 is 16.5 Å². The number of alkyl halides is 2. The molecule has 27 heavy (non-hydrogen) atoms. The molecule has 2 amide bonds. The van der Waals surface area contributed by atoms with Gasteiger partial charge < -0.3 is 21.5 Å². The maximum atomic E-state index is 12.1. The number of aromatic amines is 1. The van der Waals surface area contributed by atoms with Crippen molar-refractivity contribution in [1.82, 2.24) is 20.3 Å². The minimum Gasteiger partial charge on any atom is -0.365 e. The minimum absolute atomic E-state index is 0.272. The molecule has 0 saturated carbocycles. The largest absolute Gasteiger partial charge is 0.365 e. The Balaban J connectivity index is 1.91. The lowest BCUT2D eigenvalue weighted by Gasteiger charge is -2.22. The lowest BCUT2D eigenvalue weighted by atomic mass is 10.0. The van der Waals surface area contributed by atoms with Gasteiger partial charge in [-0.1, -0.05) is 6.92 Å². The lowest BCUT2D eigenvalue weighted by molar-refractivity contribution is -0.125. The van der Waals surface area contributed by atoms with E-state index >= 15 is 0 Å². The molecule has 5 N–H and O–H groups in total. The van der Waals surface area contributed by atoms with E-state index in [1.54, 1.807) is 31.2 Å². The normalized spacial score (nSPS) is 12.5. The molecule has 0 radical (unpaired) electrons. The van der Waals surface area contributed by atoms with Gasteiger partial charge in [-0.2, -0.15) is 0 Å². The van der Waals surface area contributed by atoms with Crippen molar-refractivity contribution in [2.24, 2.45) is 11.7 Å². The molecule has 0 unspecified atom stereocenters. The maximum Gasteiger partial charge on any atom is 0.255 e. The van der Waals surface area contributed by atoms with Crippen LogP contribution in [0.1, 0.15) is 30.1 Å². The summed E-state index contributed by atoms with van der Waals surface area (Å²) in [6.45, 7) is 1.64. The molecule has 0 aliphatic heterocycles. The summed E-state index contributed by atoms with van der Waals surface area (Å²) in [6, 6.07) is 1.79. The number of halogens is 2. The Morgan fingerprint density at radius 2 is 2.15 bits per heavy atom. The van der Waals surface area contributed by atoms with E-state index in [2.05, 4.69) is 20.7 Å². The van der Waals surface area contributed by atoms with Crippen molar-refractivity contribution >= 4 is 28.5 Å². The molecule has 0 aliphatic rings. The SMILES string of the molecule is C[C@@H](CCCN(C)Nc1c(C(N)=O)cnc2[nH]ccc12)C(=O)NCC(F)F. The Morgan fingerprint density at radius 1 is 1.41 bits per heavy atom. The Bertz CT molecular complexity index is 795. The summed E-state index contributed by atoms with van der Waals surface area (Å²) in [5, 5.41) is 4.73. The molecule has 2 aromatic rings. The van der Waals surface area contributed by atoms with Crippen LogP contribution in [0, 0.1) is 5.92 Å². The summed E-state index contributed by atoms with van der Waals surface area (Å²) in [6.07, 6.45) is 1.77. The second-order valence-corrected chi connectivity index (χ2v) is 6.36. The van der Waals surface area contributed by atoms with Crippen molar-refractivity contribution < 1.29 is 18.4 Å². The van der Waals surface area contributed by atoms with E-state index in [4.69, 9.17) is 5.73 Å². The number of rotatable bonds is 10. The average molecular weight is 382 g/mol. The number of H-pyrrole nitrogens is 1. The van der Waals surface area contributed by atoms with Gasteiger partial charge in [0.15, 0.2) is 0 Å². The number of hydrazine groups is 1. The maximum absolute atomic E-state index is 12.1. The van der Waals surface area contributed by atoms with E-state index in [1.807, 2.05) is 0 Å². The number of primary amides is 1. The van der Waals surface area contributed by atoms with Gasteiger partial charge in [0.1, 0.15) is 5.65 Å². The molecule has 0 saturated heterocycles. The van der Waals surface area contributed by atoms with E-state index in [0.717, 1.165) is 5.39 Å². The highest BCUT2D eigenvalue weighted by atomic mass is 19.3. The number of hydrogen-bond donors (Lipinski definition) is 4. The quantitative estimate of drug-likeness (QED) is 0.467. The second kappa shape index (κ2) is 9.26. The first-order chi connectivity index (χ1) is 12.8. The molecule has 0 aliphatic carbocycles. The fourth-order valence-corrected chi connectivity index (χ4v) is 2.68. The molecular weight excluding hydrogens is 358 g/mol. The van der Waals surface area contributed by atoms with E-state index in [0.29, 0.717) is 30.7 Å². The Kier molecular flexibility index (Phi) is 7.05. The first-order valence-corrected chi connectivity index (χ1v) is 8.59. The number of carbonyl (C=O) groups is 2. The van der Waals surface area contributed by atoms with Gasteiger partial charge in [-0.05, 0) is 18.9 Å². The van der Waals surface area contributed by atoms with Gasteiger partial charge in [-0.25, -0.2) is 18.8 Å². The fraction of sp³-hybridized carbons (Fsp3) is 0.471. The number of amides is 2. The zero-order valence-corrected chi connectivity index (χ0v) is 15.3. The molecule has 148 valence electrons. The summed E-state index contributed by atoms with van der Waals surface area (Å²) >= 11 is 0. The number of fused-ring (bicyclic) bond motifs is 1. The van der Waals surface area contributed by atoms with Gasteiger partial charge in [0, 0.05) is 37.3 Å². The summed E-state index contributed by atoms with van der Waals surface area (Å²) in [7, 11) is 1.80. The molecule has 2 aromatic heterocycles. The minimum atomic E-state index is -2.55. The fourth-order valence-electron chi connectivity index (χ4n) is 2.68. The number of carbonyl (C=O) groups excluding carboxylic acids is 2. The third-order valence-corrected chi connectivity index (χ3v) is 4.16. The van der Waals surface area contributed by atoms with E-state index in [1.165, 1.54) is 6.20 Å². The molecule has 0 bridgehead atoms. The standard InChI is InChI=1S/C17H24F2N6O2/c1-10(17(27)23-9-13(18)19)4-3-7-25(2)24-14-11-5-6-21-16(11)22-8-12(14)15(20)26/h5-6,8,10,13H,3-4,7,9H2,1-2H3,(H2,20,26)(H,23,27)(H2,21,22,24)/t10-/m0/s1. The zero-order valence-electron chi connectivity index (χ0n) is 15.3. The molecule has 10 heteroatoms. The molecular formula is C17H24F2N6O2. The predicted octanol–water partition coefficient (Wildman–Crippen LogP) is 1.72. The summed E-state index contributed by atoms with van der Waals surface area (Å²) < 4.78 is 24.3. The smallest absolute Gasteiger partial charge is 0.255 e. The van der Waals surface area contributed by atoms with Gasteiger partial charge in [0.25, 0.3) is 12.3 Å². The highest BCUT2D eigenvalue weighted by molar-refractivity contribution is 6.05. The summed E-state index contributed by atoms with van der Waals surface area (Å²) in [5.41, 5.74) is 10.0. The monoisotopic (exact) mass is 382 g/mol. The third-order valence-electron chi connectivity index (χ3n) is 4.16. The number of hydrogen-bond acceptors (Lipinski definition) is 5. The molecule has 0 spiro atoms. The second-order valence-electron chi connectivity index (χ2n) is 6.36. The van der Waals surface area contributed by atoms with Gasteiger partial charge >= 0.3 is 0 Å². The van der Waals surface area contributed by atoms with Crippen molar-refractivity contribution in [1.29, 1.82) is 0 Å². The van der Waals surface area contributed by atoms with Crippen molar-refractivity contribution in [3.05, 3.63) is 24.0 Å². The van der Waals surface area contributed by atoms with Crippen molar-refractivity contribution in [2.45, 2.75) is 26.2 Å². The van der Waals surface area contributed by atoms with Crippen LogP contribution >= 0.6 is 0 Å². The van der Waals surface area contributed by atoms with Crippen LogP contribution in [0.2, 0.25) is 0 Å². The van der Waals surface area contributed by atoms with E-state index in [9.17, 15) is 18.4 Å². The molecule has 2 rings (SSSR count). The van der Waals surface area contributed by atoms with Crippen LogP contribution in [0.25, 0.3) is 11.0 Å². The predicted molar refractivity (Wildman–Crippen MR) is 98.3 cm³/mol. The topological polar surface area (TPSA) is 116 Å². The summed E-state index contributed by atoms with van der Waals surface area (Å²) in [4.78, 5) is 30.5. The Hall–Kier alpha value is -2.75. The highest BCUT2D eigenvalue weighted by Gasteiger charge is 2.17. The van der Waals surface area contributed by atoms with Gasteiger partial charge in [0.05, 0.1) is 17.8 Å². The van der Waals surface area contributed by atoms with Gasteiger partial charge in [-0.15, -0.1) is 0 Å². The number of pyridine rings is 1. The van der Waals surface area contributed by atoms with Crippen molar-refractivity contribution in [3.63, 3.8) is 0 Å². The summed E-state index contributed by atoms with van der Waals surface area (Å²) in [5.74, 6) is -1.34. The Labute approximate surface area is 155 Å². The van der Waals surface area contributed by atoms with Crippen LogP contribution in [-0.2, 0) is 4.79 Å².